The summed E-state index contributed by atoms with van der Waals surface area (Å²) >= 11 is 0. The molecule has 22 heavy (non-hydrogen) atoms. The molecule has 0 saturated heterocycles. The molecule has 1 atom stereocenters. The number of carbonyl (C=O) groups is 1. The predicted molar refractivity (Wildman–Crippen MR) is 84.4 cm³/mol. The summed E-state index contributed by atoms with van der Waals surface area (Å²) in [6.07, 6.45) is 2.98. The minimum atomic E-state index is -0.266. The molecule has 3 rings (SSSR count). The Labute approximate surface area is 129 Å². The van der Waals surface area contributed by atoms with E-state index in [0.29, 0.717) is 11.6 Å². The predicted octanol–water partition coefficient (Wildman–Crippen LogP) is 2.43. The van der Waals surface area contributed by atoms with Crippen LogP contribution in [-0.4, -0.2) is 28.6 Å². The van der Waals surface area contributed by atoms with Gasteiger partial charge in [-0.05, 0) is 48.6 Å². The summed E-state index contributed by atoms with van der Waals surface area (Å²) in [5.41, 5.74) is 3.15. The first-order valence-electron chi connectivity index (χ1n) is 7.49. The molecule has 3 N–H and O–H groups in total. The number of phenolic OH excluding ortho intramolecular Hbond substituents is 2. The molecule has 2 aromatic carbocycles. The van der Waals surface area contributed by atoms with Crippen LogP contribution in [0.3, 0.4) is 0 Å². The molecular weight excluding hydrogens is 278 g/mol. The molecule has 2 aromatic rings. The molecule has 114 valence electrons. The van der Waals surface area contributed by atoms with Gasteiger partial charge in [-0.3, -0.25) is 4.79 Å². The highest BCUT2D eigenvalue weighted by Crippen LogP contribution is 2.25. The average Bonchev–Trinajstić information content (AvgIpc) is 2.55. The van der Waals surface area contributed by atoms with Crippen LogP contribution in [0.25, 0.3) is 0 Å². The highest BCUT2D eigenvalue weighted by atomic mass is 16.3. The van der Waals surface area contributed by atoms with E-state index in [1.165, 1.54) is 29.3 Å². The second kappa shape index (κ2) is 6.20. The number of nitrogens with one attached hydrogen (secondary N) is 1. The number of ketones is 1. The fourth-order valence-electron chi connectivity index (χ4n) is 2.91. The maximum atomic E-state index is 12.1. The van der Waals surface area contributed by atoms with Crippen molar-refractivity contribution in [2.45, 2.75) is 25.3 Å². The maximum absolute atomic E-state index is 12.1. The number of aryl methyl sites for hydroxylation is 1. The summed E-state index contributed by atoms with van der Waals surface area (Å²) in [4.78, 5) is 12.1. The van der Waals surface area contributed by atoms with Crippen LogP contribution in [0.1, 0.15) is 27.9 Å². The normalized spacial score (nSPS) is 17.0. The lowest BCUT2D eigenvalue weighted by Crippen LogP contribution is -2.37. The van der Waals surface area contributed by atoms with Gasteiger partial charge in [0, 0.05) is 11.6 Å². The Morgan fingerprint density at radius 3 is 2.64 bits per heavy atom. The standard InChI is InChI=1S/C18H19NO3/c20-16-8-6-14(10-17(16)21)18(22)11-19-15-7-5-12-3-1-2-4-13(12)9-15/h1-4,6,8,10,15,19-21H,5,7,9,11H2. The SMILES string of the molecule is O=C(CNC1CCc2ccccc2C1)c1ccc(O)c(O)c1. The summed E-state index contributed by atoms with van der Waals surface area (Å²) in [7, 11) is 0. The van der Waals surface area contributed by atoms with Gasteiger partial charge in [0.1, 0.15) is 0 Å². The first-order chi connectivity index (χ1) is 10.6. The molecule has 0 heterocycles. The van der Waals surface area contributed by atoms with Crippen LogP contribution in [0.2, 0.25) is 0 Å². The zero-order valence-electron chi connectivity index (χ0n) is 12.2. The topological polar surface area (TPSA) is 69.6 Å². The van der Waals surface area contributed by atoms with Gasteiger partial charge in [-0.1, -0.05) is 24.3 Å². The Morgan fingerprint density at radius 2 is 1.86 bits per heavy atom. The zero-order valence-corrected chi connectivity index (χ0v) is 12.2. The van der Waals surface area contributed by atoms with Crippen molar-refractivity contribution in [2.24, 2.45) is 0 Å². The van der Waals surface area contributed by atoms with Crippen molar-refractivity contribution in [2.75, 3.05) is 6.54 Å². The third kappa shape index (κ3) is 3.12. The molecule has 1 aliphatic rings. The van der Waals surface area contributed by atoms with Crippen LogP contribution in [0.15, 0.2) is 42.5 Å². The Kier molecular flexibility index (Phi) is 4.11. The molecule has 0 radical (unpaired) electrons. The van der Waals surface area contributed by atoms with Crippen LogP contribution in [0.5, 0.6) is 11.5 Å². The first kappa shape index (κ1) is 14.6. The van der Waals surface area contributed by atoms with Gasteiger partial charge in [-0.2, -0.15) is 0 Å². The summed E-state index contributed by atoms with van der Waals surface area (Å²) in [6, 6.07) is 12.9. The Hall–Kier alpha value is -2.33. The fraction of sp³-hybridized carbons (Fsp3) is 0.278. The van der Waals surface area contributed by atoms with Gasteiger partial charge >= 0.3 is 0 Å². The molecule has 0 aliphatic heterocycles. The molecule has 0 saturated carbocycles. The van der Waals surface area contributed by atoms with Gasteiger partial charge in [0.05, 0.1) is 6.54 Å². The quantitative estimate of drug-likeness (QED) is 0.599. The summed E-state index contributed by atoms with van der Waals surface area (Å²) in [5.74, 6) is -0.569. The van der Waals surface area contributed by atoms with Crippen molar-refractivity contribution in [3.8, 4) is 11.5 Å². The van der Waals surface area contributed by atoms with Gasteiger partial charge in [0.2, 0.25) is 0 Å². The zero-order chi connectivity index (χ0) is 15.5. The van der Waals surface area contributed by atoms with Crippen LogP contribution in [-0.2, 0) is 12.8 Å². The van der Waals surface area contributed by atoms with Gasteiger partial charge in [0.25, 0.3) is 0 Å². The second-order valence-electron chi connectivity index (χ2n) is 5.72. The molecule has 0 amide bonds. The van der Waals surface area contributed by atoms with Crippen molar-refractivity contribution in [1.82, 2.24) is 5.32 Å². The molecule has 0 aromatic heterocycles. The smallest absolute Gasteiger partial charge is 0.176 e. The Bertz CT molecular complexity index is 696. The number of carbonyl (C=O) groups excluding carboxylic acids is 1. The lowest BCUT2D eigenvalue weighted by molar-refractivity contribution is 0.0986. The lowest BCUT2D eigenvalue weighted by Gasteiger charge is -2.25. The molecule has 1 unspecified atom stereocenters. The third-order valence-electron chi connectivity index (χ3n) is 4.20. The highest BCUT2D eigenvalue weighted by molar-refractivity contribution is 5.98. The number of fused-ring (bicyclic) bond motifs is 1. The largest absolute Gasteiger partial charge is 0.504 e. The fourth-order valence-corrected chi connectivity index (χ4v) is 2.91. The summed E-state index contributed by atoms with van der Waals surface area (Å²) in [5, 5.41) is 22.0. The number of benzene rings is 2. The highest BCUT2D eigenvalue weighted by Gasteiger charge is 2.19. The Balaban J connectivity index is 1.59. The van der Waals surface area contributed by atoms with Gasteiger partial charge in [-0.25, -0.2) is 0 Å². The van der Waals surface area contributed by atoms with Crippen LogP contribution < -0.4 is 5.32 Å². The van der Waals surface area contributed by atoms with Crippen molar-refractivity contribution in [1.29, 1.82) is 0 Å². The molecule has 4 heteroatoms. The number of Topliss-reactive ketones (excluding diaryl/α,β-unsaturated/α-hetero) is 1. The van der Waals surface area contributed by atoms with Crippen LogP contribution in [0, 0.1) is 0 Å². The number of phenols is 2. The van der Waals surface area contributed by atoms with E-state index in [1.54, 1.807) is 0 Å². The number of rotatable bonds is 4. The molecule has 0 spiro atoms. The van der Waals surface area contributed by atoms with Crippen LogP contribution in [0.4, 0.5) is 0 Å². The average molecular weight is 297 g/mol. The van der Waals surface area contributed by atoms with Gasteiger partial charge < -0.3 is 15.5 Å². The van der Waals surface area contributed by atoms with Gasteiger partial charge in [-0.15, -0.1) is 0 Å². The van der Waals surface area contributed by atoms with Crippen molar-refractivity contribution in [3.63, 3.8) is 0 Å². The van der Waals surface area contributed by atoms with Gasteiger partial charge in [0.15, 0.2) is 17.3 Å². The summed E-state index contributed by atoms with van der Waals surface area (Å²) in [6.45, 7) is 0.233. The van der Waals surface area contributed by atoms with E-state index < -0.39 is 0 Å². The minimum Gasteiger partial charge on any atom is -0.504 e. The molecule has 1 aliphatic carbocycles. The van der Waals surface area contributed by atoms with E-state index in [0.717, 1.165) is 19.3 Å². The van der Waals surface area contributed by atoms with E-state index >= 15 is 0 Å². The van der Waals surface area contributed by atoms with E-state index in [9.17, 15) is 15.0 Å². The van der Waals surface area contributed by atoms with E-state index in [-0.39, 0.29) is 23.8 Å². The summed E-state index contributed by atoms with van der Waals surface area (Å²) < 4.78 is 0. The molecular formula is C18H19NO3. The van der Waals surface area contributed by atoms with E-state index in [1.807, 2.05) is 6.07 Å². The number of hydrogen-bond acceptors (Lipinski definition) is 4. The second-order valence-corrected chi connectivity index (χ2v) is 5.72. The lowest BCUT2D eigenvalue weighted by atomic mass is 9.88. The molecule has 0 fully saturated rings. The number of hydrogen-bond donors (Lipinski definition) is 3. The first-order valence-corrected chi connectivity index (χ1v) is 7.49. The third-order valence-corrected chi connectivity index (χ3v) is 4.20. The van der Waals surface area contributed by atoms with Crippen molar-refractivity contribution in [3.05, 3.63) is 59.2 Å². The molecule has 4 nitrogen and oxygen atoms in total. The van der Waals surface area contributed by atoms with Crippen LogP contribution >= 0.6 is 0 Å². The van der Waals surface area contributed by atoms with Crippen molar-refractivity contribution >= 4 is 5.78 Å². The minimum absolute atomic E-state index is 0.0887. The maximum Gasteiger partial charge on any atom is 0.176 e. The van der Waals surface area contributed by atoms with E-state index in [2.05, 4.69) is 23.5 Å². The van der Waals surface area contributed by atoms with E-state index in [4.69, 9.17) is 0 Å². The molecule has 0 bridgehead atoms. The Morgan fingerprint density at radius 1 is 1.09 bits per heavy atom. The van der Waals surface area contributed by atoms with Crippen molar-refractivity contribution < 1.29 is 15.0 Å². The number of aromatic hydroxyl groups is 2. The monoisotopic (exact) mass is 297 g/mol.